The minimum Gasteiger partial charge on any atom is -0.487 e. The van der Waals surface area contributed by atoms with Gasteiger partial charge < -0.3 is 19.7 Å². The van der Waals surface area contributed by atoms with E-state index in [1.807, 2.05) is 0 Å². The third kappa shape index (κ3) is 4.19. The van der Waals surface area contributed by atoms with Crippen molar-refractivity contribution in [1.82, 2.24) is 9.55 Å². The van der Waals surface area contributed by atoms with Crippen molar-refractivity contribution >= 4 is 13.2 Å². The van der Waals surface area contributed by atoms with Gasteiger partial charge in [-0.2, -0.15) is 0 Å². The maximum Gasteiger partial charge on any atom is 0.330 e. The fourth-order valence-corrected chi connectivity index (χ4v) is 3.54. The van der Waals surface area contributed by atoms with Crippen LogP contribution in [0, 0.1) is 0 Å². The molecule has 4 atom stereocenters. The first kappa shape index (κ1) is 19.0. The first-order chi connectivity index (χ1) is 11.1. The molecule has 1 aromatic heterocycles. The van der Waals surface area contributed by atoms with Crippen LogP contribution in [0.4, 0.5) is 0 Å². The molecule has 0 radical (unpaired) electrons. The Balaban J connectivity index is 2.26. The molecule has 9 heteroatoms. The number of ether oxygens (including phenoxy) is 2. The van der Waals surface area contributed by atoms with Crippen molar-refractivity contribution in [2.45, 2.75) is 37.9 Å². The first-order valence-corrected chi connectivity index (χ1v) is 10.9. The molecular weight excluding hydrogens is 335 g/mol. The Kier molecular flexibility index (Phi) is 5.75. The molecule has 0 bridgehead atoms. The largest absolute Gasteiger partial charge is 0.487 e. The normalized spacial score (nSPS) is 27.4. The summed E-state index contributed by atoms with van der Waals surface area (Å²) in [6.45, 7) is 4.81. The van der Waals surface area contributed by atoms with Gasteiger partial charge in [0.15, 0.2) is 6.23 Å². The third-order valence-electron chi connectivity index (χ3n) is 3.87. The smallest absolute Gasteiger partial charge is 0.330 e. The summed E-state index contributed by atoms with van der Waals surface area (Å²) < 4.78 is 11.9. The van der Waals surface area contributed by atoms with Gasteiger partial charge in [0.25, 0.3) is 5.56 Å². The number of nitrogens with zero attached hydrogens (tertiary/aromatic N) is 1. The quantitative estimate of drug-likeness (QED) is 0.598. The number of aliphatic hydroxyl groups excluding tert-OH is 2. The third-order valence-corrected chi connectivity index (χ3v) is 5.33. The van der Waals surface area contributed by atoms with Gasteiger partial charge in [-0.1, -0.05) is 0 Å². The van der Waals surface area contributed by atoms with Gasteiger partial charge in [0.05, 0.1) is 18.9 Å². The van der Waals surface area contributed by atoms with E-state index in [1.54, 1.807) is 6.92 Å². The molecule has 1 aliphatic rings. The molecule has 0 saturated carbocycles. The minimum atomic E-state index is -1.30. The molecule has 0 spiro atoms. The standard InChI is InChI=1S/C15H25N2O6P/c1-5-22-10-8-17(15(21)16-13(10)20)14-12(19)11(18)9(23-14)6-7-24(2,3)4/h8-9,11-12,14,18-19H,2,5-7H2,1,3-4H3,(H,16,20,21)/t9?,11-,12-,14?/m1/s1. The van der Waals surface area contributed by atoms with E-state index in [0.29, 0.717) is 6.42 Å². The average molecular weight is 360 g/mol. The van der Waals surface area contributed by atoms with Crippen LogP contribution in [-0.2, 0) is 4.74 Å². The van der Waals surface area contributed by atoms with E-state index in [9.17, 15) is 19.8 Å². The van der Waals surface area contributed by atoms with Gasteiger partial charge >= 0.3 is 5.69 Å². The van der Waals surface area contributed by atoms with Crippen molar-refractivity contribution in [3.05, 3.63) is 27.0 Å². The highest BCUT2D eigenvalue weighted by atomic mass is 31.2. The maximum absolute atomic E-state index is 12.0. The van der Waals surface area contributed by atoms with Crippen LogP contribution in [0.25, 0.3) is 0 Å². The van der Waals surface area contributed by atoms with E-state index in [0.717, 1.165) is 10.7 Å². The number of aromatic nitrogens is 2. The average Bonchev–Trinajstić information content (AvgIpc) is 2.75. The molecule has 1 saturated heterocycles. The molecular formula is C15H25N2O6P. The number of rotatable bonds is 6. The monoisotopic (exact) mass is 360 g/mol. The lowest BCUT2D eigenvalue weighted by Gasteiger charge is -2.19. The van der Waals surface area contributed by atoms with E-state index < -0.39 is 42.7 Å². The Bertz CT molecular complexity index is 736. The Morgan fingerprint density at radius 2 is 2.04 bits per heavy atom. The van der Waals surface area contributed by atoms with Crippen molar-refractivity contribution < 1.29 is 19.7 Å². The SMILES string of the molecule is C=P(C)(C)CCC1OC(n2cc(OCC)c(=O)[nH]c2=O)[C@H](O)[C@@H]1O. The summed E-state index contributed by atoms with van der Waals surface area (Å²) in [5, 5.41) is 20.5. The van der Waals surface area contributed by atoms with Gasteiger partial charge in [-0.3, -0.25) is 14.3 Å². The Morgan fingerprint density at radius 3 is 2.62 bits per heavy atom. The number of H-pyrrole nitrogens is 1. The highest BCUT2D eigenvalue weighted by molar-refractivity contribution is 7.72. The van der Waals surface area contributed by atoms with Crippen molar-refractivity contribution in [3.63, 3.8) is 0 Å². The van der Waals surface area contributed by atoms with Crippen LogP contribution in [0.1, 0.15) is 19.6 Å². The van der Waals surface area contributed by atoms with Crippen LogP contribution in [0.5, 0.6) is 5.75 Å². The summed E-state index contributed by atoms with van der Waals surface area (Å²) in [5.74, 6) is -0.0457. The van der Waals surface area contributed by atoms with E-state index in [2.05, 4.69) is 24.6 Å². The summed E-state index contributed by atoms with van der Waals surface area (Å²) in [4.78, 5) is 25.8. The summed E-state index contributed by atoms with van der Waals surface area (Å²) in [6, 6.07) is 0. The van der Waals surface area contributed by atoms with Crippen LogP contribution >= 0.6 is 6.89 Å². The molecule has 1 aromatic rings. The second-order valence-electron chi connectivity index (χ2n) is 6.59. The molecule has 1 aliphatic heterocycles. The van der Waals surface area contributed by atoms with Crippen LogP contribution < -0.4 is 16.0 Å². The van der Waals surface area contributed by atoms with Gasteiger partial charge in [-0.25, -0.2) is 4.79 Å². The summed E-state index contributed by atoms with van der Waals surface area (Å²) >= 11 is 0. The molecule has 0 aliphatic carbocycles. The second kappa shape index (κ2) is 7.27. The van der Waals surface area contributed by atoms with E-state index in [-0.39, 0.29) is 12.4 Å². The van der Waals surface area contributed by atoms with Gasteiger partial charge in [0, 0.05) is 0 Å². The highest BCUT2D eigenvalue weighted by Gasteiger charge is 2.44. The molecule has 1 fully saturated rings. The van der Waals surface area contributed by atoms with Crippen LogP contribution in [0.15, 0.2) is 15.8 Å². The minimum absolute atomic E-state index is 0.0457. The van der Waals surface area contributed by atoms with E-state index in [1.165, 1.54) is 6.20 Å². The Labute approximate surface area is 140 Å². The van der Waals surface area contributed by atoms with Crippen LogP contribution in [0.3, 0.4) is 0 Å². The summed E-state index contributed by atoms with van der Waals surface area (Å²) in [6.07, 6.45) is 2.56. The molecule has 3 N–H and O–H groups in total. The first-order valence-electron chi connectivity index (χ1n) is 7.81. The maximum atomic E-state index is 12.0. The van der Waals surface area contributed by atoms with E-state index >= 15 is 0 Å². The number of aromatic amines is 1. The Hall–Kier alpha value is -1.34. The fraction of sp³-hybridized carbons (Fsp3) is 0.667. The zero-order valence-corrected chi connectivity index (χ0v) is 15.0. The molecule has 24 heavy (non-hydrogen) atoms. The molecule has 0 amide bonds. The molecule has 2 unspecified atom stereocenters. The van der Waals surface area contributed by atoms with Crippen molar-refractivity contribution in [1.29, 1.82) is 0 Å². The molecule has 0 aromatic carbocycles. The van der Waals surface area contributed by atoms with Crippen LogP contribution in [-0.4, -0.2) is 70.5 Å². The van der Waals surface area contributed by atoms with Gasteiger partial charge in [-0.15, -0.1) is 13.2 Å². The highest BCUT2D eigenvalue weighted by Crippen LogP contribution is 2.39. The summed E-state index contributed by atoms with van der Waals surface area (Å²) in [5.41, 5.74) is -1.38. The van der Waals surface area contributed by atoms with Crippen molar-refractivity contribution in [2.24, 2.45) is 0 Å². The number of aliphatic hydroxyl groups is 2. The van der Waals surface area contributed by atoms with E-state index in [4.69, 9.17) is 9.47 Å². The molecule has 2 heterocycles. The molecule has 136 valence electrons. The van der Waals surface area contributed by atoms with Crippen molar-refractivity contribution in [3.8, 4) is 5.75 Å². The number of hydrogen-bond donors (Lipinski definition) is 3. The topological polar surface area (TPSA) is 114 Å². The predicted octanol–water partition coefficient (Wildman–Crippen LogP) is -0.346. The van der Waals surface area contributed by atoms with Gasteiger partial charge in [0.1, 0.15) is 12.2 Å². The van der Waals surface area contributed by atoms with Crippen LogP contribution in [0.2, 0.25) is 0 Å². The van der Waals surface area contributed by atoms with Gasteiger partial charge in [-0.05, 0) is 32.8 Å². The van der Waals surface area contributed by atoms with Crippen molar-refractivity contribution in [2.75, 3.05) is 26.1 Å². The fourth-order valence-electron chi connectivity index (χ4n) is 2.59. The zero-order chi connectivity index (χ0) is 18.1. The molecule has 2 rings (SSSR count). The summed E-state index contributed by atoms with van der Waals surface area (Å²) in [7, 11) is 0. The number of hydrogen-bond acceptors (Lipinski definition) is 6. The van der Waals surface area contributed by atoms with Gasteiger partial charge in [0.2, 0.25) is 5.75 Å². The lowest BCUT2D eigenvalue weighted by molar-refractivity contribution is -0.0406. The lowest BCUT2D eigenvalue weighted by Crippen LogP contribution is -2.38. The second-order valence-corrected chi connectivity index (χ2v) is 10.9. The Morgan fingerprint density at radius 1 is 1.38 bits per heavy atom. The number of nitrogens with one attached hydrogen (secondary N) is 1. The predicted molar refractivity (Wildman–Crippen MR) is 93.8 cm³/mol. The zero-order valence-electron chi connectivity index (χ0n) is 14.1. The lowest BCUT2D eigenvalue weighted by atomic mass is 10.1. The molecule has 8 nitrogen and oxygen atoms in total.